The summed E-state index contributed by atoms with van der Waals surface area (Å²) < 4.78 is 71.8. The Hall–Kier alpha value is -2.46. The monoisotopic (exact) mass is 445 g/mol. The van der Waals surface area contributed by atoms with Crippen molar-refractivity contribution >= 4 is 34.3 Å². The van der Waals surface area contributed by atoms with E-state index in [1.54, 1.807) is 15.7 Å². The standard InChI is InChI=1S/C19H15ClF5N4O/c1-10-7-11(9-26-8-10)28-5-2-6-29-15-12(16(19(23,24)25)30-17(21)22)3-4-13(20)14(15)27-18(28)29/h3-4,7,9,16-17H,2,5-6H2,1H3. The number of aryl methyl sites for hydroxylation is 2. The van der Waals surface area contributed by atoms with Crippen LogP contribution in [0.5, 0.6) is 0 Å². The van der Waals surface area contributed by atoms with Crippen molar-refractivity contribution in [3.63, 3.8) is 0 Å². The van der Waals surface area contributed by atoms with E-state index in [-0.39, 0.29) is 16.1 Å². The number of benzene rings is 1. The Bertz CT molecular complexity index is 1080. The third-order valence-electron chi connectivity index (χ3n) is 4.79. The van der Waals surface area contributed by atoms with Crippen LogP contribution in [0.1, 0.15) is 23.7 Å². The van der Waals surface area contributed by atoms with Crippen LogP contribution in [0.15, 0.2) is 24.4 Å². The molecule has 3 aromatic rings. The Kier molecular flexibility index (Phi) is 5.31. The van der Waals surface area contributed by atoms with E-state index < -0.39 is 24.5 Å². The van der Waals surface area contributed by atoms with Gasteiger partial charge in [0.1, 0.15) is 5.52 Å². The molecule has 5 nitrogen and oxygen atoms in total. The van der Waals surface area contributed by atoms with Crippen molar-refractivity contribution in [2.24, 2.45) is 0 Å². The zero-order chi connectivity index (χ0) is 21.6. The number of pyridine rings is 1. The number of nitrogens with zero attached hydrogens (tertiary/aromatic N) is 4. The Balaban J connectivity index is 1.93. The Morgan fingerprint density at radius 1 is 1.23 bits per heavy atom. The van der Waals surface area contributed by atoms with E-state index in [1.165, 1.54) is 6.07 Å². The molecule has 0 saturated heterocycles. The Morgan fingerprint density at radius 3 is 2.67 bits per heavy atom. The zero-order valence-corrected chi connectivity index (χ0v) is 16.3. The largest absolute Gasteiger partial charge is 0.419 e. The number of hydrogen-bond acceptors (Lipinski definition) is 4. The molecule has 4 rings (SSSR count). The number of hydrogen-bond donors (Lipinski definition) is 0. The topological polar surface area (TPSA) is 43.2 Å². The highest BCUT2D eigenvalue weighted by atomic mass is 35.5. The van der Waals surface area contributed by atoms with Gasteiger partial charge in [-0.05, 0) is 31.0 Å². The molecular weight excluding hydrogens is 431 g/mol. The molecular formula is C19H15ClF5N4O. The van der Waals surface area contributed by atoms with Crippen LogP contribution in [0.2, 0.25) is 5.02 Å². The lowest BCUT2D eigenvalue weighted by Gasteiger charge is -2.30. The molecule has 11 heteroatoms. The van der Waals surface area contributed by atoms with Crippen LogP contribution in [0, 0.1) is 13.1 Å². The van der Waals surface area contributed by atoms with Crippen molar-refractivity contribution in [1.82, 2.24) is 14.5 Å². The van der Waals surface area contributed by atoms with Gasteiger partial charge in [0.15, 0.2) is 6.10 Å². The van der Waals surface area contributed by atoms with Gasteiger partial charge in [0.05, 0.1) is 28.6 Å². The molecule has 0 aliphatic carbocycles. The molecule has 1 atom stereocenters. The molecule has 0 spiro atoms. The van der Waals surface area contributed by atoms with Crippen molar-refractivity contribution in [3.8, 4) is 0 Å². The van der Waals surface area contributed by atoms with E-state index in [2.05, 4.69) is 20.9 Å². The molecule has 159 valence electrons. The van der Waals surface area contributed by atoms with Crippen molar-refractivity contribution in [1.29, 1.82) is 0 Å². The minimum absolute atomic E-state index is 0.0253. The van der Waals surface area contributed by atoms with Crippen LogP contribution in [0.25, 0.3) is 11.0 Å². The van der Waals surface area contributed by atoms with Crippen molar-refractivity contribution in [2.45, 2.75) is 38.8 Å². The fourth-order valence-electron chi connectivity index (χ4n) is 3.65. The van der Waals surface area contributed by atoms with E-state index >= 15 is 0 Å². The molecule has 2 aromatic heterocycles. The molecule has 0 fully saturated rings. The van der Waals surface area contributed by atoms with Gasteiger partial charge in [0.2, 0.25) is 5.95 Å². The number of rotatable bonds is 4. The summed E-state index contributed by atoms with van der Waals surface area (Å²) >= 11 is 6.21. The predicted octanol–water partition coefficient (Wildman–Crippen LogP) is 5.58. The normalized spacial score (nSPS) is 15.7. The highest BCUT2D eigenvalue weighted by Crippen LogP contribution is 2.43. The minimum Gasteiger partial charge on any atom is -0.310 e. The van der Waals surface area contributed by atoms with Crippen LogP contribution < -0.4 is 4.90 Å². The first-order valence-corrected chi connectivity index (χ1v) is 9.35. The fourth-order valence-corrected chi connectivity index (χ4v) is 3.85. The quantitative estimate of drug-likeness (QED) is 0.492. The number of aromatic nitrogens is 3. The number of fused-ring (bicyclic) bond motifs is 3. The van der Waals surface area contributed by atoms with Crippen LogP contribution in [-0.4, -0.2) is 33.9 Å². The second-order valence-corrected chi connectivity index (χ2v) is 7.25. The van der Waals surface area contributed by atoms with E-state index in [9.17, 15) is 22.0 Å². The average Bonchev–Trinajstić information content (AvgIpc) is 3.07. The van der Waals surface area contributed by atoms with Gasteiger partial charge in [0, 0.05) is 18.7 Å². The molecule has 1 radical (unpaired) electrons. The number of ether oxygens (including phenoxy) is 1. The number of anilines is 2. The maximum atomic E-state index is 13.6. The SMILES string of the molecule is Cc1[c]ncc(N2CCCn3c2nc2c(Cl)ccc(C(OC(F)F)C(F)(F)F)c23)c1. The van der Waals surface area contributed by atoms with Crippen molar-refractivity contribution in [3.05, 3.63) is 46.7 Å². The summed E-state index contributed by atoms with van der Waals surface area (Å²) in [6.07, 6.45) is -2.91. The van der Waals surface area contributed by atoms with Gasteiger partial charge in [-0.2, -0.15) is 22.0 Å². The first-order chi connectivity index (χ1) is 14.2. The molecule has 1 aliphatic rings. The summed E-state index contributed by atoms with van der Waals surface area (Å²) in [5.74, 6) is 0.357. The minimum atomic E-state index is -5.05. The molecule has 0 saturated carbocycles. The van der Waals surface area contributed by atoms with E-state index in [4.69, 9.17) is 11.6 Å². The van der Waals surface area contributed by atoms with Gasteiger partial charge in [-0.15, -0.1) is 0 Å². The summed E-state index contributed by atoms with van der Waals surface area (Å²) in [6, 6.07) is 4.09. The highest BCUT2D eigenvalue weighted by Gasteiger charge is 2.45. The lowest BCUT2D eigenvalue weighted by Crippen LogP contribution is -2.29. The third kappa shape index (κ3) is 3.69. The maximum absolute atomic E-state index is 13.6. The zero-order valence-electron chi connectivity index (χ0n) is 15.6. The number of imidazole rings is 1. The molecule has 30 heavy (non-hydrogen) atoms. The highest BCUT2D eigenvalue weighted by molar-refractivity contribution is 6.35. The molecule has 1 unspecified atom stereocenters. The Labute approximate surface area is 173 Å². The summed E-state index contributed by atoms with van der Waals surface area (Å²) in [7, 11) is 0. The van der Waals surface area contributed by atoms with Crippen LogP contribution in [-0.2, 0) is 11.3 Å². The number of alkyl halides is 5. The van der Waals surface area contributed by atoms with Gasteiger partial charge >= 0.3 is 12.8 Å². The third-order valence-corrected chi connectivity index (χ3v) is 5.10. The number of halogens is 6. The summed E-state index contributed by atoms with van der Waals surface area (Å²) in [6.45, 7) is -0.886. The second-order valence-electron chi connectivity index (χ2n) is 6.84. The Morgan fingerprint density at radius 2 is 2.00 bits per heavy atom. The lowest BCUT2D eigenvalue weighted by molar-refractivity contribution is -0.276. The maximum Gasteiger partial charge on any atom is 0.419 e. The molecule has 0 bridgehead atoms. The summed E-state index contributed by atoms with van der Waals surface area (Å²) in [5, 5.41) is 0.115. The molecule has 3 heterocycles. The molecule has 0 amide bonds. The molecule has 0 N–H and O–H groups in total. The first kappa shape index (κ1) is 20.8. The summed E-state index contributed by atoms with van der Waals surface area (Å²) in [4.78, 5) is 10.3. The van der Waals surface area contributed by atoms with Gasteiger partial charge in [-0.3, -0.25) is 4.98 Å². The van der Waals surface area contributed by atoms with Crippen LogP contribution in [0.4, 0.5) is 33.6 Å². The fraction of sp³-hybridized carbons (Fsp3) is 0.368. The van der Waals surface area contributed by atoms with Crippen LogP contribution >= 0.6 is 11.6 Å². The lowest BCUT2D eigenvalue weighted by atomic mass is 10.1. The molecule has 1 aromatic carbocycles. The van der Waals surface area contributed by atoms with E-state index in [0.717, 1.165) is 11.6 Å². The predicted molar refractivity (Wildman–Crippen MR) is 100 cm³/mol. The van der Waals surface area contributed by atoms with Gasteiger partial charge in [-0.1, -0.05) is 17.7 Å². The second kappa shape index (κ2) is 7.66. The van der Waals surface area contributed by atoms with Gasteiger partial charge in [0.25, 0.3) is 0 Å². The summed E-state index contributed by atoms with van der Waals surface area (Å²) in [5.41, 5.74) is 1.13. The smallest absolute Gasteiger partial charge is 0.310 e. The van der Waals surface area contributed by atoms with Crippen LogP contribution in [0.3, 0.4) is 0 Å². The molecule has 1 aliphatic heterocycles. The first-order valence-electron chi connectivity index (χ1n) is 8.97. The van der Waals surface area contributed by atoms with Gasteiger partial charge < -0.3 is 14.2 Å². The van der Waals surface area contributed by atoms with Crippen molar-refractivity contribution < 1.29 is 26.7 Å². The van der Waals surface area contributed by atoms with Crippen molar-refractivity contribution in [2.75, 3.05) is 11.4 Å². The van der Waals surface area contributed by atoms with E-state index in [1.807, 2.05) is 13.0 Å². The average molecular weight is 446 g/mol. The van der Waals surface area contributed by atoms with E-state index in [0.29, 0.717) is 31.1 Å². The van der Waals surface area contributed by atoms with Gasteiger partial charge in [-0.25, -0.2) is 4.98 Å².